The summed E-state index contributed by atoms with van der Waals surface area (Å²) in [5, 5.41) is 9.55. The molecule has 0 saturated carbocycles. The minimum atomic E-state index is -0.842. The van der Waals surface area contributed by atoms with Crippen LogP contribution in [-0.4, -0.2) is 81.6 Å². The zero-order valence-electron chi connectivity index (χ0n) is 38.9. The van der Waals surface area contributed by atoms with Gasteiger partial charge < -0.3 is 43.5 Å². The fourth-order valence-electron chi connectivity index (χ4n) is 10.3. The number of nitrogens with zero attached hydrogens (tertiary/aromatic N) is 3. The van der Waals surface area contributed by atoms with Crippen molar-refractivity contribution in [3.63, 3.8) is 0 Å². The summed E-state index contributed by atoms with van der Waals surface area (Å²) in [7, 11) is 1.59. The van der Waals surface area contributed by atoms with Gasteiger partial charge in [0.15, 0.2) is 11.5 Å². The molecule has 1 unspecified atom stereocenters. The fourth-order valence-corrected chi connectivity index (χ4v) is 10.3. The Morgan fingerprint density at radius 2 is 1.24 bits per heavy atom. The maximum atomic E-state index is 14.2. The highest BCUT2D eigenvalue weighted by Crippen LogP contribution is 2.42. The Bertz CT molecular complexity index is 2630. The van der Waals surface area contributed by atoms with Crippen molar-refractivity contribution >= 4 is 34.8 Å². The van der Waals surface area contributed by atoms with Gasteiger partial charge >= 0.3 is 5.97 Å². The number of para-hydroxylation sites is 2. The van der Waals surface area contributed by atoms with Gasteiger partial charge in [-0.25, -0.2) is 0 Å². The molecule has 0 spiro atoms. The van der Waals surface area contributed by atoms with Crippen molar-refractivity contribution in [2.45, 2.75) is 96.9 Å². The second kappa shape index (κ2) is 20.7. The molecule has 5 aromatic rings. The number of hydrogen-bond acceptors (Lipinski definition) is 9. The minimum absolute atomic E-state index is 0.0208. The molecule has 4 aliphatic heterocycles. The molecule has 2 amide bonds. The van der Waals surface area contributed by atoms with Gasteiger partial charge in [-0.05, 0) is 152 Å². The summed E-state index contributed by atoms with van der Waals surface area (Å²) in [6.07, 6.45) is 6.34. The highest BCUT2D eigenvalue weighted by atomic mass is 16.5. The summed E-state index contributed by atoms with van der Waals surface area (Å²) in [5.41, 5.74) is 11.2. The number of anilines is 3. The van der Waals surface area contributed by atoms with Crippen LogP contribution >= 0.6 is 0 Å². The number of aryl methyl sites for hydroxylation is 3. The van der Waals surface area contributed by atoms with Gasteiger partial charge in [0.25, 0.3) is 11.8 Å². The predicted molar refractivity (Wildman–Crippen MR) is 258 cm³/mol. The molecule has 9 rings (SSSR count). The molecule has 350 valence electrons. The summed E-state index contributed by atoms with van der Waals surface area (Å²) in [6.45, 7) is 7.63. The van der Waals surface area contributed by atoms with E-state index in [2.05, 4.69) is 42.2 Å². The normalized spacial score (nSPS) is 16.8. The summed E-state index contributed by atoms with van der Waals surface area (Å²) < 4.78 is 30.7. The number of hydrogen-bond donors (Lipinski definition) is 1. The van der Waals surface area contributed by atoms with Crippen LogP contribution in [0.5, 0.6) is 17.2 Å². The Morgan fingerprint density at radius 1 is 0.672 bits per heavy atom. The molecule has 0 saturated heterocycles. The lowest BCUT2D eigenvalue weighted by atomic mass is 9.98. The molecule has 2 atom stereocenters. The summed E-state index contributed by atoms with van der Waals surface area (Å²) in [4.78, 5) is 46.0. The van der Waals surface area contributed by atoms with Crippen molar-refractivity contribution < 1.29 is 43.2 Å². The number of benzene rings is 5. The van der Waals surface area contributed by atoms with E-state index in [1.54, 1.807) is 7.11 Å². The molecule has 12 nitrogen and oxygen atoms in total. The zero-order valence-corrected chi connectivity index (χ0v) is 38.9. The predicted octanol–water partition coefficient (Wildman–Crippen LogP) is 9.31. The average Bonchev–Trinajstić information content (AvgIpc) is 3.83. The minimum Gasteiger partial charge on any atom is -0.493 e. The van der Waals surface area contributed by atoms with Crippen molar-refractivity contribution in [3.8, 4) is 17.2 Å². The van der Waals surface area contributed by atoms with Crippen molar-refractivity contribution in [2.75, 3.05) is 61.3 Å². The van der Waals surface area contributed by atoms with E-state index in [9.17, 15) is 19.5 Å². The number of carbonyl (C=O) groups excluding carboxylic acids is 2. The van der Waals surface area contributed by atoms with E-state index in [4.69, 9.17) is 23.7 Å². The number of carboxylic acid groups (broad SMARTS) is 1. The second-order valence-corrected chi connectivity index (χ2v) is 18.1. The van der Waals surface area contributed by atoms with Gasteiger partial charge in [0.1, 0.15) is 19.0 Å². The van der Waals surface area contributed by atoms with Crippen molar-refractivity contribution in [1.29, 1.82) is 0 Å². The van der Waals surface area contributed by atoms with Crippen molar-refractivity contribution in [3.05, 3.63) is 141 Å². The third kappa shape index (κ3) is 10.0. The first-order valence-electron chi connectivity index (χ1n) is 23.9. The van der Waals surface area contributed by atoms with Gasteiger partial charge in [0.05, 0.1) is 26.9 Å². The van der Waals surface area contributed by atoms with E-state index in [1.807, 2.05) is 77.4 Å². The number of rotatable bonds is 20. The van der Waals surface area contributed by atoms with Crippen molar-refractivity contribution in [2.24, 2.45) is 0 Å². The first-order chi connectivity index (χ1) is 32.7. The molecule has 1 N–H and O–H groups in total. The summed E-state index contributed by atoms with van der Waals surface area (Å²) >= 11 is 0. The molecular formula is C55H61N3O9. The molecule has 0 radical (unpaired) electrons. The lowest BCUT2D eigenvalue weighted by molar-refractivity contribution is -0.137. The standard InChI is InChI=1S/C55H61N3O9/c1-4-21-64-23-24-65-22-20-56(19-9-14-53(59)60)45-27-37(34-66-50-31-39-15-17-43-29-41-10-5-7-12-48(41)57(43)54(61)46(39)25-36(50)2)26-38(28-45)35-67-52-32-40-16-18-44-30-42-11-6-8-13-49(42)58(44)55(62)47(40)33-51(52)63-3/h5-8,10-13,25-28,31-33,43-44H,4,9,14-24,29-30,34-35H2,1-3H3,(H,59,60)/t43-,44?/m1/s1. The molecule has 0 aliphatic carbocycles. The highest BCUT2D eigenvalue weighted by molar-refractivity contribution is 6.10. The van der Waals surface area contributed by atoms with Crippen LogP contribution in [0.3, 0.4) is 0 Å². The Balaban J connectivity index is 0.975. The Hall–Kier alpha value is -6.37. The van der Waals surface area contributed by atoms with Crippen LogP contribution in [0.2, 0.25) is 0 Å². The molecule has 0 fully saturated rings. The average molecular weight is 908 g/mol. The number of fused-ring (bicyclic) bond motifs is 8. The third-order valence-electron chi connectivity index (χ3n) is 13.6. The SMILES string of the molecule is CCCOCCOCCN(CCCC(=O)O)c1cc(COc2cc3c(cc2C)C(=O)N2c4ccccc4C[C@H]2CC3)cc(COc2cc3c(cc2OC)C(=O)N2c4ccccc4CC2CC3)c1. The van der Waals surface area contributed by atoms with Crippen LogP contribution in [0.15, 0.2) is 91.0 Å². The van der Waals surface area contributed by atoms with E-state index < -0.39 is 5.97 Å². The molecule has 4 heterocycles. The highest BCUT2D eigenvalue weighted by Gasteiger charge is 2.39. The van der Waals surface area contributed by atoms with Gasteiger partial charge in [-0.1, -0.05) is 43.3 Å². The molecule has 12 heteroatoms. The molecule has 0 bridgehead atoms. The fraction of sp³-hybridized carbons (Fsp3) is 0.400. The number of aliphatic carboxylic acids is 1. The van der Waals surface area contributed by atoms with Gasteiger partial charge in [0, 0.05) is 66.4 Å². The van der Waals surface area contributed by atoms with Crippen LogP contribution in [0.4, 0.5) is 17.1 Å². The molecule has 0 aromatic heterocycles. The number of carbonyl (C=O) groups is 3. The van der Waals surface area contributed by atoms with Crippen LogP contribution in [0.25, 0.3) is 0 Å². The maximum Gasteiger partial charge on any atom is 0.303 e. The first kappa shape index (κ1) is 45.8. The van der Waals surface area contributed by atoms with Crippen LogP contribution < -0.4 is 28.9 Å². The van der Waals surface area contributed by atoms with Crippen LogP contribution in [0, 0.1) is 6.92 Å². The Kier molecular flexibility index (Phi) is 14.1. The van der Waals surface area contributed by atoms with Crippen molar-refractivity contribution in [1.82, 2.24) is 0 Å². The van der Waals surface area contributed by atoms with Crippen LogP contribution in [-0.2, 0) is 53.2 Å². The monoisotopic (exact) mass is 907 g/mol. The summed E-state index contributed by atoms with van der Waals surface area (Å²) in [5.74, 6) is 0.935. The number of amides is 2. The number of carboxylic acids is 1. The van der Waals surface area contributed by atoms with E-state index in [0.717, 1.165) is 101 Å². The second-order valence-electron chi connectivity index (χ2n) is 18.1. The van der Waals surface area contributed by atoms with Gasteiger partial charge in [-0.15, -0.1) is 0 Å². The van der Waals surface area contributed by atoms with Gasteiger partial charge in [-0.3, -0.25) is 14.4 Å². The first-order valence-corrected chi connectivity index (χ1v) is 23.9. The smallest absolute Gasteiger partial charge is 0.303 e. The lowest BCUT2D eigenvalue weighted by Gasteiger charge is -2.26. The molecule has 5 aromatic carbocycles. The van der Waals surface area contributed by atoms with E-state index in [0.29, 0.717) is 63.0 Å². The lowest BCUT2D eigenvalue weighted by Crippen LogP contribution is -2.36. The summed E-state index contributed by atoms with van der Waals surface area (Å²) in [6, 6.07) is 30.6. The Morgan fingerprint density at radius 3 is 1.84 bits per heavy atom. The number of ether oxygens (including phenoxy) is 5. The largest absolute Gasteiger partial charge is 0.493 e. The quantitative estimate of drug-likeness (QED) is 0.0756. The number of methoxy groups -OCH3 is 1. The Labute approximate surface area is 393 Å². The van der Waals surface area contributed by atoms with Gasteiger partial charge in [-0.2, -0.15) is 0 Å². The third-order valence-corrected chi connectivity index (χ3v) is 13.6. The molecule has 4 aliphatic rings. The molecular weight excluding hydrogens is 847 g/mol. The zero-order chi connectivity index (χ0) is 46.4. The van der Waals surface area contributed by atoms with E-state index in [-0.39, 0.29) is 43.5 Å². The van der Waals surface area contributed by atoms with E-state index >= 15 is 0 Å². The maximum absolute atomic E-state index is 14.2. The van der Waals surface area contributed by atoms with E-state index in [1.165, 1.54) is 11.1 Å². The topological polar surface area (TPSA) is 127 Å². The van der Waals surface area contributed by atoms with Gasteiger partial charge in [0.2, 0.25) is 0 Å². The molecule has 67 heavy (non-hydrogen) atoms. The van der Waals surface area contributed by atoms with Crippen LogP contribution in [0.1, 0.15) is 98.7 Å².